The average molecular weight is 375 g/mol. The maximum Gasteiger partial charge on any atom is 0.251 e. The lowest BCUT2D eigenvalue weighted by Gasteiger charge is -2.28. The van der Waals surface area contributed by atoms with Crippen molar-refractivity contribution in [3.8, 4) is 5.75 Å². The van der Waals surface area contributed by atoms with E-state index in [1.165, 1.54) is 18.4 Å². The molecule has 2 aromatic rings. The molecule has 1 fully saturated rings. The van der Waals surface area contributed by atoms with Crippen molar-refractivity contribution in [2.24, 2.45) is 0 Å². The molecule has 1 saturated heterocycles. The number of aryl methyl sites for hydroxylation is 1. The number of methoxy groups -OCH3 is 1. The molecule has 1 atom stereocenters. The Bertz CT molecular complexity index is 712. The Morgan fingerprint density at radius 1 is 1.15 bits per heavy atom. The van der Waals surface area contributed by atoms with Crippen molar-refractivity contribution < 1.29 is 9.53 Å². The predicted molar refractivity (Wildman–Crippen MR) is 107 cm³/mol. The van der Waals surface area contributed by atoms with E-state index in [1.807, 2.05) is 43.3 Å². The SMILES string of the molecule is COc1ccc(C(CNC(=O)c2cccc(C)c2)N2CCCC2)cc1.Cl. The molecule has 0 bridgehead atoms. The number of halogens is 1. The molecule has 0 saturated carbocycles. The van der Waals surface area contributed by atoms with E-state index < -0.39 is 0 Å². The molecule has 1 aliphatic rings. The van der Waals surface area contributed by atoms with Gasteiger partial charge in [0.15, 0.2) is 0 Å². The van der Waals surface area contributed by atoms with E-state index >= 15 is 0 Å². The summed E-state index contributed by atoms with van der Waals surface area (Å²) in [5, 5.41) is 3.12. The second kappa shape index (κ2) is 9.60. The maximum atomic E-state index is 12.5. The molecule has 1 amide bonds. The first-order chi connectivity index (χ1) is 12.2. The summed E-state index contributed by atoms with van der Waals surface area (Å²) in [6.45, 7) is 4.77. The fourth-order valence-electron chi connectivity index (χ4n) is 3.41. The molecule has 4 nitrogen and oxygen atoms in total. The number of hydrogen-bond donors (Lipinski definition) is 1. The van der Waals surface area contributed by atoms with E-state index in [-0.39, 0.29) is 24.4 Å². The van der Waals surface area contributed by atoms with Crippen LogP contribution >= 0.6 is 12.4 Å². The number of ether oxygens (including phenoxy) is 1. The highest BCUT2D eigenvalue weighted by atomic mass is 35.5. The Hall–Kier alpha value is -2.04. The molecule has 0 aliphatic carbocycles. The number of nitrogens with zero attached hydrogens (tertiary/aromatic N) is 1. The van der Waals surface area contributed by atoms with Crippen molar-refractivity contribution in [1.29, 1.82) is 0 Å². The Balaban J connectivity index is 0.00000243. The zero-order valence-electron chi connectivity index (χ0n) is 15.4. The molecule has 5 heteroatoms. The summed E-state index contributed by atoms with van der Waals surface area (Å²) in [6.07, 6.45) is 2.44. The minimum Gasteiger partial charge on any atom is -0.497 e. The molecule has 1 heterocycles. The van der Waals surface area contributed by atoms with Crippen LogP contribution in [-0.2, 0) is 0 Å². The first-order valence-electron chi connectivity index (χ1n) is 8.90. The topological polar surface area (TPSA) is 41.6 Å². The largest absolute Gasteiger partial charge is 0.497 e. The van der Waals surface area contributed by atoms with Gasteiger partial charge in [-0.2, -0.15) is 0 Å². The quantitative estimate of drug-likeness (QED) is 0.831. The highest BCUT2D eigenvalue weighted by molar-refractivity contribution is 5.94. The zero-order valence-corrected chi connectivity index (χ0v) is 16.2. The van der Waals surface area contributed by atoms with Crippen LogP contribution in [-0.4, -0.2) is 37.6 Å². The number of carbonyl (C=O) groups is 1. The molecule has 0 radical (unpaired) electrons. The van der Waals surface area contributed by atoms with Crippen LogP contribution in [0.1, 0.15) is 40.4 Å². The van der Waals surface area contributed by atoms with E-state index in [9.17, 15) is 4.79 Å². The fraction of sp³-hybridized carbons (Fsp3) is 0.381. The summed E-state index contributed by atoms with van der Waals surface area (Å²) < 4.78 is 5.26. The smallest absolute Gasteiger partial charge is 0.251 e. The molecule has 2 aromatic carbocycles. The molecule has 1 unspecified atom stereocenters. The number of rotatable bonds is 6. The first kappa shape index (κ1) is 20.3. The van der Waals surface area contributed by atoms with Gasteiger partial charge in [-0.3, -0.25) is 9.69 Å². The molecule has 140 valence electrons. The summed E-state index contributed by atoms with van der Waals surface area (Å²) in [5.41, 5.74) is 3.03. The number of nitrogens with one attached hydrogen (secondary N) is 1. The van der Waals surface area contributed by atoms with Crippen molar-refractivity contribution in [2.45, 2.75) is 25.8 Å². The Morgan fingerprint density at radius 3 is 2.46 bits per heavy atom. The van der Waals surface area contributed by atoms with E-state index in [4.69, 9.17) is 4.74 Å². The van der Waals surface area contributed by atoms with Crippen molar-refractivity contribution in [2.75, 3.05) is 26.7 Å². The lowest BCUT2D eigenvalue weighted by atomic mass is 10.0. The van der Waals surface area contributed by atoms with Crippen molar-refractivity contribution in [3.05, 3.63) is 65.2 Å². The van der Waals surface area contributed by atoms with Gasteiger partial charge in [0.05, 0.1) is 13.2 Å². The van der Waals surface area contributed by atoms with Gasteiger partial charge in [0.2, 0.25) is 0 Å². The maximum absolute atomic E-state index is 12.5. The highest BCUT2D eigenvalue weighted by Crippen LogP contribution is 2.26. The summed E-state index contributed by atoms with van der Waals surface area (Å²) in [7, 11) is 1.68. The summed E-state index contributed by atoms with van der Waals surface area (Å²) in [6, 6.07) is 16.1. The Kier molecular flexibility index (Phi) is 7.49. The van der Waals surface area contributed by atoms with Crippen LogP contribution in [0.2, 0.25) is 0 Å². The minimum atomic E-state index is -0.0126. The standard InChI is InChI=1S/C21H26N2O2.ClH/c1-16-6-5-7-18(14-16)21(24)22-15-20(23-12-3-4-13-23)17-8-10-19(25-2)11-9-17;/h5-11,14,20H,3-4,12-13,15H2,1-2H3,(H,22,24);1H. The van der Waals surface area contributed by atoms with Gasteiger partial charge in [0.1, 0.15) is 5.75 Å². The number of amides is 1. The van der Waals surface area contributed by atoms with E-state index in [0.29, 0.717) is 6.54 Å². The van der Waals surface area contributed by atoms with Gasteiger partial charge in [-0.05, 0) is 62.7 Å². The lowest BCUT2D eigenvalue weighted by Crippen LogP contribution is -2.36. The second-order valence-electron chi connectivity index (χ2n) is 6.61. The molecule has 26 heavy (non-hydrogen) atoms. The van der Waals surface area contributed by atoms with E-state index in [2.05, 4.69) is 22.3 Å². The van der Waals surface area contributed by atoms with E-state index in [1.54, 1.807) is 7.11 Å². The summed E-state index contributed by atoms with van der Waals surface area (Å²) >= 11 is 0. The van der Waals surface area contributed by atoms with Gasteiger partial charge in [-0.15, -0.1) is 12.4 Å². The van der Waals surface area contributed by atoms with Gasteiger partial charge in [0, 0.05) is 12.1 Å². The van der Waals surface area contributed by atoms with Crippen LogP contribution in [0, 0.1) is 6.92 Å². The molecule has 0 spiro atoms. The number of hydrogen-bond acceptors (Lipinski definition) is 3. The van der Waals surface area contributed by atoms with Crippen LogP contribution in [0.5, 0.6) is 5.75 Å². The van der Waals surface area contributed by atoms with Crippen LogP contribution in [0.25, 0.3) is 0 Å². The number of carbonyl (C=O) groups excluding carboxylic acids is 1. The third-order valence-electron chi connectivity index (χ3n) is 4.82. The molecule has 1 aliphatic heterocycles. The normalized spacial score (nSPS) is 15.2. The number of likely N-dealkylation sites (tertiary alicyclic amines) is 1. The van der Waals surface area contributed by atoms with Crippen LogP contribution < -0.4 is 10.1 Å². The fourth-order valence-corrected chi connectivity index (χ4v) is 3.41. The zero-order chi connectivity index (χ0) is 17.6. The highest BCUT2D eigenvalue weighted by Gasteiger charge is 2.24. The first-order valence-corrected chi connectivity index (χ1v) is 8.90. The minimum absolute atomic E-state index is 0. The van der Waals surface area contributed by atoms with Gasteiger partial charge in [0.25, 0.3) is 5.91 Å². The van der Waals surface area contributed by atoms with Crippen molar-refractivity contribution >= 4 is 18.3 Å². The molecule has 1 N–H and O–H groups in total. The van der Waals surface area contributed by atoms with Gasteiger partial charge in [-0.25, -0.2) is 0 Å². The Labute approximate surface area is 162 Å². The number of benzene rings is 2. The summed E-state index contributed by atoms with van der Waals surface area (Å²) in [4.78, 5) is 15.0. The molecular weight excluding hydrogens is 348 g/mol. The molecule has 0 aromatic heterocycles. The van der Waals surface area contributed by atoms with E-state index in [0.717, 1.165) is 30.0 Å². The van der Waals surface area contributed by atoms with Crippen molar-refractivity contribution in [1.82, 2.24) is 10.2 Å². The van der Waals surface area contributed by atoms with Gasteiger partial charge >= 0.3 is 0 Å². The Morgan fingerprint density at radius 2 is 1.85 bits per heavy atom. The van der Waals surface area contributed by atoms with Crippen LogP contribution in [0.3, 0.4) is 0 Å². The second-order valence-corrected chi connectivity index (χ2v) is 6.61. The predicted octanol–water partition coefficient (Wildman–Crippen LogP) is 3.99. The van der Waals surface area contributed by atoms with Crippen LogP contribution in [0.15, 0.2) is 48.5 Å². The molecule has 3 rings (SSSR count). The molecular formula is C21H27ClN2O2. The lowest BCUT2D eigenvalue weighted by molar-refractivity contribution is 0.0938. The summed E-state index contributed by atoms with van der Waals surface area (Å²) in [5.74, 6) is 0.842. The van der Waals surface area contributed by atoms with Crippen molar-refractivity contribution in [3.63, 3.8) is 0 Å². The van der Waals surface area contributed by atoms with Gasteiger partial charge in [-0.1, -0.05) is 29.8 Å². The monoisotopic (exact) mass is 374 g/mol. The average Bonchev–Trinajstić information content (AvgIpc) is 3.16. The van der Waals surface area contributed by atoms with Crippen LogP contribution in [0.4, 0.5) is 0 Å². The van der Waals surface area contributed by atoms with Gasteiger partial charge < -0.3 is 10.1 Å². The third kappa shape index (κ3) is 4.99. The third-order valence-corrected chi connectivity index (χ3v) is 4.82.